The van der Waals surface area contributed by atoms with E-state index in [-0.39, 0.29) is 42.7 Å². The topological polar surface area (TPSA) is 102 Å². The molecule has 0 saturated heterocycles. The van der Waals surface area contributed by atoms with Gasteiger partial charge in [-0.3, -0.25) is 9.59 Å². The fraction of sp³-hybridized carbons (Fsp3) is 0.784. The van der Waals surface area contributed by atoms with Crippen LogP contribution in [0.4, 0.5) is 0 Å². The number of carboxylic acid groups (broad SMARTS) is 1. The molecule has 0 aromatic carbocycles. The maximum Gasteiger partial charge on any atom is 0.306 e. The number of rotatable bonds is 43. The molecule has 0 aromatic rings. The van der Waals surface area contributed by atoms with Crippen molar-refractivity contribution in [2.75, 3.05) is 41.0 Å². The lowest BCUT2D eigenvalue weighted by Gasteiger charge is -2.34. The Morgan fingerprint density at radius 1 is 0.525 bits per heavy atom. The van der Waals surface area contributed by atoms with Crippen LogP contribution in [0.1, 0.15) is 206 Å². The average Bonchev–Trinajstić information content (AvgIpc) is 3.19. The molecule has 0 rings (SSSR count). The lowest BCUT2D eigenvalue weighted by molar-refractivity contribution is -0.889. The lowest BCUT2D eigenvalue weighted by Crippen LogP contribution is -2.55. The number of likely N-dealkylation sites (N-methyl/N-ethyl adjacent to an activating group) is 1. The van der Waals surface area contributed by atoms with Crippen molar-refractivity contribution >= 4 is 17.9 Å². The van der Waals surface area contributed by atoms with Crippen LogP contribution in [0.2, 0.25) is 0 Å². The van der Waals surface area contributed by atoms with Gasteiger partial charge in [0.1, 0.15) is 12.6 Å². The van der Waals surface area contributed by atoms with Crippen molar-refractivity contribution in [2.24, 2.45) is 0 Å². The van der Waals surface area contributed by atoms with E-state index in [1.165, 1.54) is 109 Å². The van der Waals surface area contributed by atoms with Gasteiger partial charge in [0.25, 0.3) is 0 Å². The zero-order valence-electron chi connectivity index (χ0n) is 38.9. The molecule has 59 heavy (non-hydrogen) atoms. The minimum absolute atomic E-state index is 0.0319. The first-order valence-corrected chi connectivity index (χ1v) is 24.2. The summed E-state index contributed by atoms with van der Waals surface area (Å²) in [5.41, 5.74) is 0. The molecule has 0 saturated carbocycles. The van der Waals surface area contributed by atoms with Crippen LogP contribution in [0.25, 0.3) is 0 Å². The number of hydrogen-bond donors (Lipinski definition) is 0. The highest BCUT2D eigenvalue weighted by molar-refractivity contribution is 5.70. The molecule has 0 heterocycles. The van der Waals surface area contributed by atoms with Crippen molar-refractivity contribution in [3.8, 4) is 0 Å². The van der Waals surface area contributed by atoms with Crippen molar-refractivity contribution in [1.29, 1.82) is 0 Å². The van der Waals surface area contributed by atoms with E-state index in [1.54, 1.807) is 21.1 Å². The number of esters is 2. The van der Waals surface area contributed by atoms with E-state index in [0.717, 1.165) is 64.2 Å². The van der Waals surface area contributed by atoms with Crippen LogP contribution in [-0.2, 0) is 28.6 Å². The number of unbranched alkanes of at least 4 members (excludes halogenated alkanes) is 24. The minimum Gasteiger partial charge on any atom is -0.544 e. The summed E-state index contributed by atoms with van der Waals surface area (Å²) >= 11 is 0. The second-order valence-electron chi connectivity index (χ2n) is 17.4. The Balaban J connectivity index is 4.26. The van der Waals surface area contributed by atoms with E-state index >= 15 is 0 Å². The zero-order chi connectivity index (χ0) is 43.5. The fourth-order valence-corrected chi connectivity index (χ4v) is 7.08. The third-order valence-electron chi connectivity index (χ3n) is 10.8. The van der Waals surface area contributed by atoms with Crippen LogP contribution < -0.4 is 5.11 Å². The monoisotopic (exact) mass is 830 g/mol. The lowest BCUT2D eigenvalue weighted by atomic mass is 10.0. The smallest absolute Gasteiger partial charge is 0.306 e. The van der Waals surface area contributed by atoms with Gasteiger partial charge in [0.05, 0.1) is 40.3 Å². The highest BCUT2D eigenvalue weighted by atomic mass is 16.6. The van der Waals surface area contributed by atoms with Gasteiger partial charge in [-0.25, -0.2) is 0 Å². The summed E-state index contributed by atoms with van der Waals surface area (Å²) in [6.07, 6.45) is 50.0. The summed E-state index contributed by atoms with van der Waals surface area (Å²) in [6.45, 7) is 4.52. The second-order valence-corrected chi connectivity index (χ2v) is 17.4. The van der Waals surface area contributed by atoms with Crippen LogP contribution in [0.15, 0.2) is 48.6 Å². The van der Waals surface area contributed by atoms with Crippen LogP contribution in [0.3, 0.4) is 0 Å². The van der Waals surface area contributed by atoms with Gasteiger partial charge in [-0.05, 0) is 32.1 Å². The molecule has 0 aliphatic carbocycles. The van der Waals surface area contributed by atoms with Crippen LogP contribution in [-0.4, -0.2) is 75.5 Å². The number of carbonyl (C=O) groups excluding carboxylic acids is 3. The summed E-state index contributed by atoms with van der Waals surface area (Å²) in [4.78, 5) is 36.9. The molecule has 0 aliphatic rings. The molecule has 2 atom stereocenters. The van der Waals surface area contributed by atoms with Crippen molar-refractivity contribution in [3.63, 3.8) is 0 Å². The number of carboxylic acids is 1. The summed E-state index contributed by atoms with van der Waals surface area (Å²) < 4.78 is 17.2. The minimum atomic E-state index is -1.13. The van der Waals surface area contributed by atoms with Gasteiger partial charge in [0.15, 0.2) is 6.10 Å². The van der Waals surface area contributed by atoms with Gasteiger partial charge in [-0.15, -0.1) is 0 Å². The number of hydrogen-bond acceptors (Lipinski definition) is 7. The largest absolute Gasteiger partial charge is 0.544 e. The van der Waals surface area contributed by atoms with E-state index in [1.807, 2.05) is 24.3 Å². The van der Waals surface area contributed by atoms with E-state index in [2.05, 4.69) is 38.2 Å². The Labute approximate surface area is 363 Å². The number of nitrogens with zero attached hydrogens (tertiary/aromatic N) is 1. The van der Waals surface area contributed by atoms with Crippen molar-refractivity contribution in [1.82, 2.24) is 0 Å². The van der Waals surface area contributed by atoms with Gasteiger partial charge >= 0.3 is 11.9 Å². The normalized spacial score (nSPS) is 13.3. The van der Waals surface area contributed by atoms with Crippen LogP contribution in [0, 0.1) is 0 Å². The predicted octanol–water partition coefficient (Wildman–Crippen LogP) is 12.3. The van der Waals surface area contributed by atoms with E-state index in [9.17, 15) is 19.5 Å². The maximum absolute atomic E-state index is 12.7. The number of quaternary nitrogens is 1. The van der Waals surface area contributed by atoms with E-state index < -0.39 is 18.1 Å². The van der Waals surface area contributed by atoms with Crippen molar-refractivity contribution in [2.45, 2.75) is 219 Å². The number of carbonyl (C=O) groups is 3. The maximum atomic E-state index is 12.7. The molecule has 0 radical (unpaired) electrons. The number of allylic oxidation sites excluding steroid dienone is 8. The fourth-order valence-electron chi connectivity index (χ4n) is 7.08. The molecule has 0 aliphatic heterocycles. The third-order valence-corrected chi connectivity index (χ3v) is 10.8. The van der Waals surface area contributed by atoms with Gasteiger partial charge in [0.2, 0.25) is 0 Å². The first kappa shape index (κ1) is 56.3. The number of aliphatic carboxylic acids is 1. The Hall–Kier alpha value is -2.71. The summed E-state index contributed by atoms with van der Waals surface area (Å²) in [7, 11) is 5.40. The quantitative estimate of drug-likeness (QED) is 0.0261. The Morgan fingerprint density at radius 2 is 0.949 bits per heavy atom. The van der Waals surface area contributed by atoms with E-state index in [4.69, 9.17) is 14.2 Å². The summed E-state index contributed by atoms with van der Waals surface area (Å²) in [5.74, 6) is -1.76. The molecular weight excluding hydrogens is 739 g/mol. The van der Waals surface area contributed by atoms with Gasteiger partial charge < -0.3 is 28.6 Å². The molecule has 8 nitrogen and oxygen atoms in total. The highest BCUT2D eigenvalue weighted by Gasteiger charge is 2.25. The highest BCUT2D eigenvalue weighted by Crippen LogP contribution is 2.16. The van der Waals surface area contributed by atoms with Crippen LogP contribution in [0.5, 0.6) is 0 Å². The molecular formula is C51H91NO7. The summed E-state index contributed by atoms with van der Waals surface area (Å²) in [5, 5.41) is 11.6. The Kier molecular flexibility index (Phi) is 40.1. The van der Waals surface area contributed by atoms with Crippen LogP contribution >= 0.6 is 0 Å². The molecule has 0 fully saturated rings. The predicted molar refractivity (Wildman–Crippen MR) is 245 cm³/mol. The number of ether oxygens (including phenoxy) is 3. The molecule has 342 valence electrons. The van der Waals surface area contributed by atoms with Gasteiger partial charge in [-0.2, -0.15) is 0 Å². The SMILES string of the molecule is CC/C=C/C=C/C=C/C=C/CCCCCCCC(=O)OC(COCCC(C(=O)[O-])[N+](C)(C)C)COC(=O)CCCCCCCCCCCCCCCCCCCCCC. The Morgan fingerprint density at radius 3 is 1.41 bits per heavy atom. The standard InChI is InChI=1S/C51H91NO7/c1-6-8-10-12-14-16-18-20-22-23-24-25-26-28-29-31-33-35-37-39-41-49(53)58-46-47(45-57-44-43-48(51(55)56)52(3,4)5)59-50(54)42-40-38-36-34-32-30-27-21-19-17-15-13-11-9-7-2/h9,11,13,15,17,19,21,27,47-48H,6-8,10,12,14,16,18,20,22-26,28-46H2,1-5H3/b11-9+,15-13+,19-17+,27-21+. The summed E-state index contributed by atoms with van der Waals surface area (Å²) in [6, 6.07) is -0.730. The Bertz CT molecular complexity index is 1110. The molecule has 0 bridgehead atoms. The first-order valence-electron chi connectivity index (χ1n) is 24.2. The average molecular weight is 830 g/mol. The van der Waals surface area contributed by atoms with Crippen molar-refractivity contribution < 1.29 is 38.2 Å². The van der Waals surface area contributed by atoms with Crippen molar-refractivity contribution in [3.05, 3.63) is 48.6 Å². The molecule has 2 unspecified atom stereocenters. The molecule has 0 amide bonds. The molecule has 0 N–H and O–H groups in total. The molecule has 0 aromatic heterocycles. The second kappa shape index (κ2) is 42.0. The molecule has 8 heteroatoms. The third kappa shape index (κ3) is 40.5. The first-order chi connectivity index (χ1) is 28.6. The van der Waals surface area contributed by atoms with E-state index in [0.29, 0.717) is 12.8 Å². The van der Waals surface area contributed by atoms with Gasteiger partial charge in [-0.1, -0.05) is 204 Å². The van der Waals surface area contributed by atoms with Gasteiger partial charge in [0, 0.05) is 19.3 Å². The molecule has 0 spiro atoms. The zero-order valence-corrected chi connectivity index (χ0v) is 38.9.